The monoisotopic (exact) mass is 328 g/mol. The fraction of sp³-hybridized carbons (Fsp3) is 0. The Balaban J connectivity index is 2.42. The lowest BCUT2D eigenvalue weighted by atomic mass is 10.2. The van der Waals surface area contributed by atoms with E-state index in [1.165, 1.54) is 12.1 Å². The van der Waals surface area contributed by atoms with Crippen LogP contribution in [0.3, 0.4) is 0 Å². The van der Waals surface area contributed by atoms with E-state index in [2.05, 4.69) is 4.40 Å². The summed E-state index contributed by atoms with van der Waals surface area (Å²) in [4.78, 5) is 9.81. The van der Waals surface area contributed by atoms with Gasteiger partial charge in [0.1, 0.15) is 9.96 Å². The largest absolute Gasteiger partial charge is 0.507 e. The molecule has 0 saturated carbocycles. The van der Waals surface area contributed by atoms with E-state index in [-0.39, 0.29) is 9.77 Å². The van der Waals surface area contributed by atoms with Crippen molar-refractivity contribution >= 4 is 33.3 Å². The van der Waals surface area contributed by atoms with E-state index in [1.807, 2.05) is 0 Å². The number of phenols is 2. The van der Waals surface area contributed by atoms with Crippen LogP contribution >= 0.6 is 11.3 Å². The molecule has 2 rings (SSSR count). The average molecular weight is 328 g/mol. The van der Waals surface area contributed by atoms with Crippen LogP contribution in [0.2, 0.25) is 0 Å². The van der Waals surface area contributed by atoms with E-state index in [4.69, 9.17) is 0 Å². The molecule has 0 aliphatic heterocycles. The fourth-order valence-corrected chi connectivity index (χ4v) is 3.26. The summed E-state index contributed by atoms with van der Waals surface area (Å²) in [6.07, 6.45) is 0.789. The number of aromatic hydroxyl groups is 2. The van der Waals surface area contributed by atoms with Gasteiger partial charge in [0.05, 0.1) is 11.1 Å². The highest BCUT2D eigenvalue weighted by Crippen LogP contribution is 2.32. The number of sulfonamides is 1. The number of phenolic OH excluding ortho intramolecular Hbond substituents is 2. The summed E-state index contributed by atoms with van der Waals surface area (Å²) in [5.74, 6) is -1.25. The number of nitrogens with zero attached hydrogens (tertiary/aromatic N) is 2. The van der Waals surface area contributed by atoms with Gasteiger partial charge in [0.15, 0.2) is 5.75 Å². The molecule has 1 aromatic carbocycles. The number of benzene rings is 1. The number of nitro benzene ring substituents is 1. The van der Waals surface area contributed by atoms with Gasteiger partial charge in [0.25, 0.3) is 10.0 Å². The van der Waals surface area contributed by atoms with Crippen molar-refractivity contribution in [2.45, 2.75) is 4.21 Å². The van der Waals surface area contributed by atoms with Gasteiger partial charge in [0.2, 0.25) is 0 Å². The molecule has 110 valence electrons. The molecule has 0 aliphatic rings. The predicted octanol–water partition coefficient (Wildman–Crippen LogP) is 1.88. The molecule has 0 spiro atoms. The van der Waals surface area contributed by atoms with Crippen molar-refractivity contribution in [3.05, 3.63) is 45.3 Å². The highest BCUT2D eigenvalue weighted by Gasteiger charge is 2.18. The third kappa shape index (κ3) is 3.17. The zero-order valence-corrected chi connectivity index (χ0v) is 11.8. The summed E-state index contributed by atoms with van der Waals surface area (Å²) < 4.78 is 27.0. The maximum absolute atomic E-state index is 11.8. The van der Waals surface area contributed by atoms with Crippen molar-refractivity contribution in [1.82, 2.24) is 0 Å². The van der Waals surface area contributed by atoms with Crippen LogP contribution in [0.25, 0.3) is 0 Å². The normalized spacial score (nSPS) is 11.8. The van der Waals surface area contributed by atoms with E-state index in [1.54, 1.807) is 5.38 Å². The van der Waals surface area contributed by atoms with Gasteiger partial charge in [-0.1, -0.05) is 6.07 Å². The number of rotatable bonds is 4. The molecule has 21 heavy (non-hydrogen) atoms. The Morgan fingerprint density at radius 3 is 2.57 bits per heavy atom. The SMILES string of the molecule is O=[N+]([O-])c1cc(/C=N\S(=O)(=O)c2cccs2)c(O)cc1O. The maximum atomic E-state index is 11.8. The molecule has 1 heterocycles. The Morgan fingerprint density at radius 2 is 2.00 bits per heavy atom. The number of thiophene rings is 1. The van der Waals surface area contributed by atoms with Crippen LogP contribution in [0.1, 0.15) is 5.56 Å². The van der Waals surface area contributed by atoms with Crippen LogP contribution in [0.4, 0.5) is 5.69 Å². The minimum atomic E-state index is -3.93. The number of nitro groups is 1. The first-order chi connectivity index (χ1) is 9.81. The Labute approximate surface area is 122 Å². The van der Waals surface area contributed by atoms with E-state index in [0.717, 1.165) is 29.7 Å². The average Bonchev–Trinajstić information content (AvgIpc) is 2.91. The molecular weight excluding hydrogens is 320 g/mol. The lowest BCUT2D eigenvalue weighted by molar-refractivity contribution is -0.385. The quantitative estimate of drug-likeness (QED) is 0.500. The molecular formula is C11H8N2O6S2. The van der Waals surface area contributed by atoms with E-state index >= 15 is 0 Å². The van der Waals surface area contributed by atoms with Crippen LogP contribution in [0.15, 0.2) is 38.3 Å². The van der Waals surface area contributed by atoms with E-state index in [9.17, 15) is 28.7 Å². The van der Waals surface area contributed by atoms with Gasteiger partial charge >= 0.3 is 5.69 Å². The van der Waals surface area contributed by atoms with E-state index in [0.29, 0.717) is 0 Å². The summed E-state index contributed by atoms with van der Waals surface area (Å²) in [5.41, 5.74) is -0.859. The smallest absolute Gasteiger partial charge is 0.311 e. The van der Waals surface area contributed by atoms with Crippen molar-refractivity contribution in [3.8, 4) is 11.5 Å². The van der Waals surface area contributed by atoms with Gasteiger partial charge in [-0.05, 0) is 11.4 Å². The lowest BCUT2D eigenvalue weighted by Gasteiger charge is -2.01. The molecule has 0 aliphatic carbocycles. The molecule has 0 bridgehead atoms. The van der Waals surface area contributed by atoms with Crippen molar-refractivity contribution in [1.29, 1.82) is 0 Å². The van der Waals surface area contributed by atoms with Crippen LogP contribution in [-0.4, -0.2) is 29.8 Å². The summed E-state index contributed by atoms with van der Waals surface area (Å²) in [7, 11) is -3.93. The standard InChI is InChI=1S/C11H8N2O6S2/c14-9-5-10(15)8(13(16)17)4-7(9)6-12-21(18,19)11-2-1-3-20-11/h1-6,14-15H/b12-6-. The zero-order chi connectivity index (χ0) is 15.6. The molecule has 0 atom stereocenters. The minimum absolute atomic E-state index is 0.00604. The first kappa shape index (κ1) is 14.9. The molecule has 2 aromatic rings. The molecule has 1 aromatic heterocycles. The minimum Gasteiger partial charge on any atom is -0.507 e. The Kier molecular flexibility index (Phi) is 3.91. The van der Waals surface area contributed by atoms with Crippen molar-refractivity contribution in [3.63, 3.8) is 0 Å². The zero-order valence-electron chi connectivity index (χ0n) is 10.2. The van der Waals surface area contributed by atoms with Crippen molar-refractivity contribution in [2.24, 2.45) is 4.40 Å². The van der Waals surface area contributed by atoms with Gasteiger partial charge in [-0.3, -0.25) is 10.1 Å². The number of hydrogen-bond acceptors (Lipinski definition) is 7. The van der Waals surface area contributed by atoms with Crippen molar-refractivity contribution < 1.29 is 23.6 Å². The van der Waals surface area contributed by atoms with E-state index < -0.39 is 32.1 Å². The van der Waals surface area contributed by atoms with Crippen LogP contribution in [0, 0.1) is 10.1 Å². The van der Waals surface area contributed by atoms with Gasteiger partial charge in [-0.25, -0.2) is 0 Å². The molecule has 0 amide bonds. The third-order valence-corrected chi connectivity index (χ3v) is 5.01. The van der Waals surface area contributed by atoms with Gasteiger partial charge in [-0.2, -0.15) is 12.8 Å². The Morgan fingerprint density at radius 1 is 1.29 bits per heavy atom. The summed E-state index contributed by atoms with van der Waals surface area (Å²) >= 11 is 0.967. The Hall–Kier alpha value is -2.46. The maximum Gasteiger partial charge on any atom is 0.311 e. The van der Waals surface area contributed by atoms with Crippen LogP contribution < -0.4 is 0 Å². The molecule has 0 fully saturated rings. The second-order valence-corrected chi connectivity index (χ2v) is 6.61. The Bertz CT molecular complexity index is 811. The van der Waals surface area contributed by atoms with Gasteiger partial charge < -0.3 is 10.2 Å². The fourth-order valence-electron chi connectivity index (χ4n) is 1.42. The summed E-state index contributed by atoms with van der Waals surface area (Å²) in [5, 5.41) is 31.1. The molecule has 10 heteroatoms. The molecule has 0 saturated heterocycles. The molecule has 2 N–H and O–H groups in total. The molecule has 0 radical (unpaired) electrons. The van der Waals surface area contributed by atoms with Crippen LogP contribution in [0.5, 0.6) is 11.5 Å². The highest BCUT2D eigenvalue weighted by atomic mass is 32.2. The predicted molar refractivity (Wildman–Crippen MR) is 75.5 cm³/mol. The second kappa shape index (κ2) is 5.50. The molecule has 0 unspecified atom stereocenters. The highest BCUT2D eigenvalue weighted by molar-refractivity contribution is 7.92. The summed E-state index contributed by atoms with van der Waals surface area (Å²) in [6, 6.07) is 4.47. The van der Waals surface area contributed by atoms with Crippen LogP contribution in [-0.2, 0) is 10.0 Å². The first-order valence-corrected chi connectivity index (χ1v) is 7.67. The number of hydrogen-bond donors (Lipinski definition) is 2. The third-order valence-electron chi connectivity index (χ3n) is 2.40. The molecule has 8 nitrogen and oxygen atoms in total. The second-order valence-electron chi connectivity index (χ2n) is 3.80. The topological polar surface area (TPSA) is 130 Å². The van der Waals surface area contributed by atoms with Crippen molar-refractivity contribution in [2.75, 3.05) is 0 Å². The van der Waals surface area contributed by atoms with Gasteiger partial charge in [0, 0.05) is 17.7 Å². The summed E-state index contributed by atoms with van der Waals surface area (Å²) in [6.45, 7) is 0. The lowest BCUT2D eigenvalue weighted by Crippen LogP contribution is -1.96. The van der Waals surface area contributed by atoms with Gasteiger partial charge in [-0.15, -0.1) is 11.3 Å². The first-order valence-electron chi connectivity index (χ1n) is 5.35.